The highest BCUT2D eigenvalue weighted by Gasteiger charge is 2.73. The van der Waals surface area contributed by atoms with Crippen molar-refractivity contribution in [1.82, 2.24) is 0 Å². The molecule has 0 aromatic heterocycles. The molecule has 9 heteroatoms. The summed E-state index contributed by atoms with van der Waals surface area (Å²) in [7, 11) is 0. The highest BCUT2D eigenvalue weighted by molar-refractivity contribution is 9.10. The lowest BCUT2D eigenvalue weighted by molar-refractivity contribution is -0.348. The molecule has 0 radical (unpaired) electrons. The fraction of sp³-hybridized carbons (Fsp3) is 0.400. The van der Waals surface area contributed by atoms with E-state index in [-0.39, 0.29) is 9.37 Å². The number of hydrogen-bond acceptors (Lipinski definition) is 1. The number of halogens is 8. The van der Waals surface area contributed by atoms with E-state index in [0.717, 1.165) is 11.8 Å². The monoisotopic (exact) mass is 370 g/mol. The highest BCUT2D eigenvalue weighted by Crippen LogP contribution is 2.53. The van der Waals surface area contributed by atoms with E-state index >= 15 is 0 Å². The van der Waals surface area contributed by atoms with Gasteiger partial charge >= 0.3 is 18.0 Å². The van der Waals surface area contributed by atoms with E-state index in [2.05, 4.69) is 15.9 Å². The fourth-order valence-electron chi connectivity index (χ4n) is 1.37. The summed E-state index contributed by atoms with van der Waals surface area (Å²) in [5.41, 5.74) is -6.89. The highest BCUT2D eigenvalue weighted by atomic mass is 79.9. The lowest BCUT2D eigenvalue weighted by Crippen LogP contribution is -2.50. The van der Waals surface area contributed by atoms with Crippen LogP contribution in [0, 0.1) is 0 Å². The molecule has 0 atom stereocenters. The number of benzene rings is 1. The predicted octanol–water partition coefficient (Wildman–Crippen LogP) is 5.46. The van der Waals surface area contributed by atoms with Crippen molar-refractivity contribution in [3.05, 3.63) is 28.2 Å². The summed E-state index contributed by atoms with van der Waals surface area (Å²) in [4.78, 5) is 0.0832. The number of rotatable bonds is 2. The Morgan fingerprint density at radius 1 is 0.895 bits per heavy atom. The van der Waals surface area contributed by atoms with Crippen LogP contribution >= 0.6 is 27.7 Å². The van der Waals surface area contributed by atoms with Crippen molar-refractivity contribution in [2.75, 3.05) is 6.26 Å². The van der Waals surface area contributed by atoms with E-state index in [1.54, 1.807) is 0 Å². The first-order valence-corrected chi connectivity index (χ1v) is 6.62. The van der Waals surface area contributed by atoms with Gasteiger partial charge in [0, 0.05) is 14.9 Å². The van der Waals surface area contributed by atoms with Gasteiger partial charge in [-0.25, -0.2) is 4.39 Å². The van der Waals surface area contributed by atoms with Gasteiger partial charge in [-0.15, -0.1) is 11.8 Å². The molecule has 0 amide bonds. The summed E-state index contributed by atoms with van der Waals surface area (Å²) in [6.45, 7) is 0. The normalized spacial score (nSPS) is 13.7. The van der Waals surface area contributed by atoms with Gasteiger partial charge in [0.25, 0.3) is 0 Å². The van der Waals surface area contributed by atoms with E-state index < -0.39 is 23.6 Å². The Morgan fingerprint density at radius 2 is 1.37 bits per heavy atom. The third-order valence-corrected chi connectivity index (χ3v) is 3.45. The summed E-state index contributed by atoms with van der Waals surface area (Å²) < 4.78 is 88.9. The van der Waals surface area contributed by atoms with Crippen LogP contribution in [0.2, 0.25) is 0 Å². The van der Waals surface area contributed by atoms with E-state index in [1.807, 2.05) is 0 Å². The molecule has 0 fully saturated rings. The zero-order valence-electron chi connectivity index (χ0n) is 9.16. The molecule has 108 valence electrons. The van der Waals surface area contributed by atoms with Crippen molar-refractivity contribution >= 4 is 27.7 Å². The minimum atomic E-state index is -6.10. The summed E-state index contributed by atoms with van der Waals surface area (Å²) in [6, 6.07) is 2.30. The molecule has 0 aliphatic carbocycles. The molecule has 0 nitrogen and oxygen atoms in total. The van der Waals surface area contributed by atoms with Crippen molar-refractivity contribution in [1.29, 1.82) is 0 Å². The van der Waals surface area contributed by atoms with Gasteiger partial charge in [-0.2, -0.15) is 26.3 Å². The molecular formula is C10H6BrF7S. The van der Waals surface area contributed by atoms with Gasteiger partial charge in [0.1, 0.15) is 0 Å². The van der Waals surface area contributed by atoms with Crippen molar-refractivity contribution in [3.63, 3.8) is 0 Å². The second-order valence-corrected chi connectivity index (χ2v) is 5.33. The molecule has 1 aromatic rings. The second kappa shape index (κ2) is 5.16. The Balaban J connectivity index is 3.56. The summed E-state index contributed by atoms with van der Waals surface area (Å²) in [5, 5.41) is 0. The average molecular weight is 371 g/mol. The fourth-order valence-corrected chi connectivity index (χ4v) is 2.50. The van der Waals surface area contributed by atoms with Crippen LogP contribution in [0.15, 0.2) is 27.6 Å². The van der Waals surface area contributed by atoms with Gasteiger partial charge in [0.15, 0.2) is 0 Å². The van der Waals surface area contributed by atoms with Crippen molar-refractivity contribution in [3.8, 4) is 0 Å². The molecule has 1 rings (SSSR count). The Kier molecular flexibility index (Phi) is 4.51. The Hall–Kier alpha value is -0.440. The summed E-state index contributed by atoms with van der Waals surface area (Å²) in [6.07, 6.45) is -10.7. The van der Waals surface area contributed by atoms with E-state index in [0.29, 0.717) is 12.1 Å². The molecule has 0 heterocycles. The number of hydrogen-bond donors (Lipinski definition) is 0. The maximum atomic E-state index is 13.8. The zero-order valence-corrected chi connectivity index (χ0v) is 11.6. The maximum Gasteiger partial charge on any atom is 0.435 e. The molecule has 0 aliphatic heterocycles. The number of alkyl halides is 7. The SMILES string of the molecule is CSc1cc(Br)cc(C(F)(C(F)(F)F)C(F)(F)F)c1. The van der Waals surface area contributed by atoms with Crippen LogP contribution in [0.1, 0.15) is 5.56 Å². The largest absolute Gasteiger partial charge is 0.435 e. The van der Waals surface area contributed by atoms with Crippen LogP contribution in [-0.2, 0) is 5.67 Å². The molecule has 0 aliphatic rings. The van der Waals surface area contributed by atoms with Crippen LogP contribution in [0.3, 0.4) is 0 Å². The van der Waals surface area contributed by atoms with Gasteiger partial charge in [-0.3, -0.25) is 0 Å². The van der Waals surface area contributed by atoms with Crippen molar-refractivity contribution in [2.45, 2.75) is 22.9 Å². The lowest BCUT2D eigenvalue weighted by atomic mass is 9.94. The van der Waals surface area contributed by atoms with E-state index in [9.17, 15) is 30.7 Å². The first-order valence-electron chi connectivity index (χ1n) is 4.61. The smallest absolute Gasteiger partial charge is 0.218 e. The van der Waals surface area contributed by atoms with Gasteiger partial charge in [-0.1, -0.05) is 15.9 Å². The van der Waals surface area contributed by atoms with Crippen LogP contribution < -0.4 is 0 Å². The number of thioether (sulfide) groups is 1. The predicted molar refractivity (Wildman–Crippen MR) is 60.8 cm³/mol. The standard InChI is InChI=1S/C10H6BrF7S/c1-19-7-3-5(2-6(11)4-7)8(12,9(13,14)15)10(16,17)18/h2-4H,1H3. The molecule has 0 spiro atoms. The molecule has 0 saturated carbocycles. The first kappa shape index (κ1) is 16.6. The minimum absolute atomic E-state index is 0.0649. The van der Waals surface area contributed by atoms with Gasteiger partial charge in [-0.05, 0) is 24.5 Å². The molecule has 0 bridgehead atoms. The summed E-state index contributed by atoms with van der Waals surface area (Å²) in [5.74, 6) is 0. The molecule has 0 N–H and O–H groups in total. The molecule has 0 saturated heterocycles. The van der Waals surface area contributed by atoms with Crippen molar-refractivity contribution < 1.29 is 30.7 Å². The Bertz CT molecular complexity index is 452. The Labute approximate surface area is 116 Å². The van der Waals surface area contributed by atoms with Crippen LogP contribution in [-0.4, -0.2) is 18.6 Å². The zero-order chi connectivity index (χ0) is 15.1. The van der Waals surface area contributed by atoms with Gasteiger partial charge in [0.2, 0.25) is 0 Å². The van der Waals surface area contributed by atoms with Gasteiger partial charge in [0.05, 0.1) is 0 Å². The average Bonchev–Trinajstić information content (AvgIpc) is 2.23. The third-order valence-electron chi connectivity index (χ3n) is 2.29. The van der Waals surface area contributed by atoms with E-state index in [1.165, 1.54) is 12.3 Å². The van der Waals surface area contributed by atoms with Crippen LogP contribution in [0.4, 0.5) is 30.7 Å². The molecule has 0 unspecified atom stereocenters. The van der Waals surface area contributed by atoms with Gasteiger partial charge < -0.3 is 0 Å². The molecule has 1 aromatic carbocycles. The first-order chi connectivity index (χ1) is 8.43. The van der Waals surface area contributed by atoms with Crippen molar-refractivity contribution in [2.24, 2.45) is 0 Å². The van der Waals surface area contributed by atoms with E-state index in [4.69, 9.17) is 0 Å². The molecular weight excluding hydrogens is 365 g/mol. The second-order valence-electron chi connectivity index (χ2n) is 3.53. The third kappa shape index (κ3) is 3.01. The maximum absolute atomic E-state index is 13.8. The van der Waals surface area contributed by atoms with Crippen LogP contribution in [0.25, 0.3) is 0 Å². The topological polar surface area (TPSA) is 0 Å². The van der Waals surface area contributed by atoms with Crippen LogP contribution in [0.5, 0.6) is 0 Å². The quantitative estimate of drug-likeness (QED) is 0.492. The lowest BCUT2D eigenvalue weighted by Gasteiger charge is -2.30. The molecule has 19 heavy (non-hydrogen) atoms. The summed E-state index contributed by atoms with van der Waals surface area (Å²) >= 11 is 3.67. The minimum Gasteiger partial charge on any atom is -0.218 e. The Morgan fingerprint density at radius 3 is 1.74 bits per heavy atom.